The van der Waals surface area contributed by atoms with Gasteiger partial charge in [0.15, 0.2) is 0 Å². The highest BCUT2D eigenvalue weighted by Crippen LogP contribution is 2.35. The Morgan fingerprint density at radius 1 is 0.677 bits per heavy atom. The average Bonchev–Trinajstić information content (AvgIpc) is 2.80. The summed E-state index contributed by atoms with van der Waals surface area (Å²) in [6.07, 6.45) is 16.0. The second kappa shape index (κ2) is 13.4. The largest absolute Gasteiger partial charge is 0.494 e. The van der Waals surface area contributed by atoms with Crippen LogP contribution in [0.3, 0.4) is 0 Å². The standard InChI is InChI=1S/C28H41NO2/c1-3-5-7-9-10-11-13-21-31-28-19-17-26-25-16-15-24(30-20-12-8-6-4-2)22-23(25)14-18-27(26)29-28/h15-17,19,22H,3-14,18,20-21H2,1-2H3. The summed E-state index contributed by atoms with van der Waals surface area (Å²) >= 11 is 0. The lowest BCUT2D eigenvalue weighted by molar-refractivity contribution is 0.292. The second-order valence-corrected chi connectivity index (χ2v) is 8.84. The van der Waals surface area contributed by atoms with Crippen molar-refractivity contribution in [2.24, 2.45) is 0 Å². The zero-order valence-electron chi connectivity index (χ0n) is 19.8. The van der Waals surface area contributed by atoms with E-state index < -0.39 is 0 Å². The third-order valence-corrected chi connectivity index (χ3v) is 6.21. The third-order valence-electron chi connectivity index (χ3n) is 6.21. The van der Waals surface area contributed by atoms with Gasteiger partial charge < -0.3 is 9.47 Å². The molecule has 1 aromatic heterocycles. The number of fused-ring (bicyclic) bond motifs is 3. The SMILES string of the molecule is CCCCCCCCCOc1ccc2c(n1)CCc1cc(OCCCCCC)ccc1-2. The molecule has 0 saturated carbocycles. The van der Waals surface area contributed by atoms with Gasteiger partial charge in [0.05, 0.1) is 18.9 Å². The molecular weight excluding hydrogens is 382 g/mol. The van der Waals surface area contributed by atoms with Gasteiger partial charge >= 0.3 is 0 Å². The van der Waals surface area contributed by atoms with Crippen LogP contribution in [0.1, 0.15) is 95.7 Å². The molecule has 0 spiro atoms. The Morgan fingerprint density at radius 3 is 2.10 bits per heavy atom. The fourth-order valence-electron chi connectivity index (χ4n) is 4.33. The average molecular weight is 424 g/mol. The van der Waals surface area contributed by atoms with Gasteiger partial charge in [0, 0.05) is 11.6 Å². The normalized spacial score (nSPS) is 12.3. The minimum absolute atomic E-state index is 0.773. The van der Waals surface area contributed by atoms with Gasteiger partial charge in [-0.2, -0.15) is 0 Å². The maximum atomic E-state index is 5.98. The minimum Gasteiger partial charge on any atom is -0.494 e. The molecule has 1 heterocycles. The number of rotatable bonds is 15. The molecule has 0 atom stereocenters. The maximum Gasteiger partial charge on any atom is 0.213 e. The molecule has 170 valence electrons. The van der Waals surface area contributed by atoms with Crippen molar-refractivity contribution >= 4 is 0 Å². The quantitative estimate of drug-likeness (QED) is 0.272. The Hall–Kier alpha value is -2.03. The predicted molar refractivity (Wildman–Crippen MR) is 130 cm³/mol. The fraction of sp³-hybridized carbons (Fsp3) is 0.607. The van der Waals surface area contributed by atoms with E-state index in [0.717, 1.165) is 56.2 Å². The zero-order chi connectivity index (χ0) is 21.7. The third kappa shape index (κ3) is 7.55. The molecule has 1 aromatic carbocycles. The first kappa shape index (κ1) is 23.6. The molecule has 0 radical (unpaired) electrons. The predicted octanol–water partition coefficient (Wildman–Crippen LogP) is 7.94. The van der Waals surface area contributed by atoms with Gasteiger partial charge in [-0.25, -0.2) is 4.98 Å². The molecule has 1 aliphatic carbocycles. The van der Waals surface area contributed by atoms with Crippen molar-refractivity contribution in [3.8, 4) is 22.8 Å². The smallest absolute Gasteiger partial charge is 0.213 e. The molecule has 0 amide bonds. The topological polar surface area (TPSA) is 31.4 Å². The van der Waals surface area contributed by atoms with Gasteiger partial charge in [-0.15, -0.1) is 0 Å². The Balaban J connectivity index is 1.47. The van der Waals surface area contributed by atoms with Crippen LogP contribution >= 0.6 is 0 Å². The summed E-state index contributed by atoms with van der Waals surface area (Å²) in [6, 6.07) is 10.8. The van der Waals surface area contributed by atoms with Crippen LogP contribution in [-0.4, -0.2) is 18.2 Å². The number of ether oxygens (including phenoxy) is 2. The van der Waals surface area contributed by atoms with Crippen molar-refractivity contribution in [1.82, 2.24) is 4.98 Å². The van der Waals surface area contributed by atoms with E-state index in [1.807, 2.05) is 6.07 Å². The van der Waals surface area contributed by atoms with Crippen LogP contribution in [0.5, 0.6) is 11.6 Å². The monoisotopic (exact) mass is 423 g/mol. The van der Waals surface area contributed by atoms with Crippen molar-refractivity contribution in [1.29, 1.82) is 0 Å². The summed E-state index contributed by atoms with van der Waals surface area (Å²) in [6.45, 7) is 6.09. The first-order chi connectivity index (χ1) is 15.3. The highest BCUT2D eigenvalue weighted by Gasteiger charge is 2.18. The first-order valence-electron chi connectivity index (χ1n) is 12.7. The van der Waals surface area contributed by atoms with Crippen molar-refractivity contribution in [3.63, 3.8) is 0 Å². The number of nitrogens with zero attached hydrogens (tertiary/aromatic N) is 1. The van der Waals surface area contributed by atoms with E-state index in [2.05, 4.69) is 38.1 Å². The second-order valence-electron chi connectivity index (χ2n) is 8.84. The lowest BCUT2D eigenvalue weighted by Crippen LogP contribution is -2.08. The molecule has 31 heavy (non-hydrogen) atoms. The minimum atomic E-state index is 0.773. The van der Waals surface area contributed by atoms with Crippen molar-refractivity contribution < 1.29 is 9.47 Å². The lowest BCUT2D eigenvalue weighted by Gasteiger charge is -2.20. The lowest BCUT2D eigenvalue weighted by atomic mass is 9.88. The van der Waals surface area contributed by atoms with Crippen LogP contribution < -0.4 is 9.47 Å². The Bertz CT molecular complexity index is 787. The Labute approximate surface area is 189 Å². The zero-order valence-corrected chi connectivity index (χ0v) is 19.8. The van der Waals surface area contributed by atoms with E-state index in [-0.39, 0.29) is 0 Å². The fourth-order valence-corrected chi connectivity index (χ4v) is 4.33. The summed E-state index contributed by atoms with van der Waals surface area (Å²) in [4.78, 5) is 4.82. The summed E-state index contributed by atoms with van der Waals surface area (Å²) < 4.78 is 11.9. The first-order valence-corrected chi connectivity index (χ1v) is 12.7. The van der Waals surface area contributed by atoms with Gasteiger partial charge in [0.2, 0.25) is 5.88 Å². The van der Waals surface area contributed by atoms with Crippen LogP contribution in [0.15, 0.2) is 30.3 Å². The van der Waals surface area contributed by atoms with Crippen molar-refractivity contribution in [2.45, 2.75) is 97.3 Å². The van der Waals surface area contributed by atoms with E-state index in [9.17, 15) is 0 Å². The summed E-state index contributed by atoms with van der Waals surface area (Å²) in [5.41, 5.74) is 5.08. The summed E-state index contributed by atoms with van der Waals surface area (Å²) in [7, 11) is 0. The van der Waals surface area contributed by atoms with Crippen LogP contribution in [-0.2, 0) is 12.8 Å². The van der Waals surface area contributed by atoms with Crippen molar-refractivity contribution in [2.75, 3.05) is 13.2 Å². The highest BCUT2D eigenvalue weighted by molar-refractivity contribution is 5.73. The summed E-state index contributed by atoms with van der Waals surface area (Å²) in [5.74, 6) is 1.78. The van der Waals surface area contributed by atoms with Crippen LogP contribution in [0.2, 0.25) is 0 Å². The Kier molecular flexibility index (Phi) is 10.2. The number of pyridine rings is 1. The molecular formula is C28H41NO2. The number of hydrogen-bond acceptors (Lipinski definition) is 3. The Morgan fingerprint density at radius 2 is 1.32 bits per heavy atom. The van der Waals surface area contributed by atoms with Gasteiger partial charge in [-0.3, -0.25) is 0 Å². The highest BCUT2D eigenvalue weighted by atomic mass is 16.5. The van der Waals surface area contributed by atoms with Crippen LogP contribution in [0.25, 0.3) is 11.1 Å². The summed E-state index contributed by atoms with van der Waals surface area (Å²) in [5, 5.41) is 0. The van der Waals surface area contributed by atoms with E-state index in [0.29, 0.717) is 0 Å². The number of hydrogen-bond donors (Lipinski definition) is 0. The van der Waals surface area contributed by atoms with E-state index >= 15 is 0 Å². The molecule has 3 rings (SSSR count). The molecule has 0 aliphatic heterocycles. The van der Waals surface area contributed by atoms with Gasteiger partial charge in [-0.1, -0.05) is 77.7 Å². The molecule has 0 saturated heterocycles. The van der Waals surface area contributed by atoms with Gasteiger partial charge in [-0.05, 0) is 55.0 Å². The van der Waals surface area contributed by atoms with E-state index in [1.165, 1.54) is 74.5 Å². The number of benzene rings is 1. The number of aromatic nitrogens is 1. The molecule has 3 heteroatoms. The van der Waals surface area contributed by atoms with Crippen molar-refractivity contribution in [3.05, 3.63) is 41.6 Å². The van der Waals surface area contributed by atoms with Crippen LogP contribution in [0.4, 0.5) is 0 Å². The van der Waals surface area contributed by atoms with Gasteiger partial charge in [0.1, 0.15) is 5.75 Å². The molecule has 0 fully saturated rings. The molecule has 0 bridgehead atoms. The van der Waals surface area contributed by atoms with Gasteiger partial charge in [0.25, 0.3) is 0 Å². The maximum absolute atomic E-state index is 5.98. The van der Waals surface area contributed by atoms with E-state index in [1.54, 1.807) is 0 Å². The molecule has 0 unspecified atom stereocenters. The number of aryl methyl sites for hydroxylation is 2. The molecule has 2 aromatic rings. The molecule has 1 aliphatic rings. The number of unbranched alkanes of at least 4 members (excludes halogenated alkanes) is 9. The molecule has 0 N–H and O–H groups in total. The van der Waals surface area contributed by atoms with E-state index in [4.69, 9.17) is 14.5 Å². The molecule has 3 nitrogen and oxygen atoms in total. The van der Waals surface area contributed by atoms with Crippen LogP contribution in [0, 0.1) is 0 Å².